The Kier molecular flexibility index (Phi) is 3.77. The lowest BCUT2D eigenvalue weighted by atomic mass is 10.2. The van der Waals surface area contributed by atoms with Crippen molar-refractivity contribution in [3.63, 3.8) is 0 Å². The predicted molar refractivity (Wildman–Crippen MR) is 64.6 cm³/mol. The van der Waals surface area contributed by atoms with Crippen molar-refractivity contribution >= 4 is 17.9 Å². The first-order valence-electron chi connectivity index (χ1n) is 5.14. The molecule has 0 bridgehead atoms. The van der Waals surface area contributed by atoms with E-state index < -0.39 is 0 Å². The van der Waals surface area contributed by atoms with Crippen LogP contribution in [0.25, 0.3) is 0 Å². The van der Waals surface area contributed by atoms with Gasteiger partial charge in [0.05, 0.1) is 12.1 Å². The second-order valence-electron chi connectivity index (χ2n) is 3.42. The van der Waals surface area contributed by atoms with Crippen molar-refractivity contribution in [3.8, 4) is 5.75 Å². The predicted octanol–water partition coefficient (Wildman–Crippen LogP) is 2.43. The van der Waals surface area contributed by atoms with E-state index in [4.69, 9.17) is 16.3 Å². The van der Waals surface area contributed by atoms with Crippen LogP contribution in [-0.4, -0.2) is 22.7 Å². The Labute approximate surface area is 104 Å². The molecule has 1 heterocycles. The summed E-state index contributed by atoms with van der Waals surface area (Å²) in [4.78, 5) is 10.8. The molecule has 0 aliphatic carbocycles. The summed E-state index contributed by atoms with van der Waals surface area (Å²) < 4.78 is 7.27. The van der Waals surface area contributed by atoms with Crippen LogP contribution >= 0.6 is 11.6 Å². The maximum absolute atomic E-state index is 10.8. The normalized spacial score (nSPS) is 10.2. The van der Waals surface area contributed by atoms with Crippen LogP contribution in [0.15, 0.2) is 36.7 Å². The quantitative estimate of drug-likeness (QED) is 0.766. The smallest absolute Gasteiger partial charge is 0.153 e. The SMILES string of the molecule is O=Cc1cc(Cl)ccc1OCCn1cccn1. The van der Waals surface area contributed by atoms with Gasteiger partial charge in [0.2, 0.25) is 0 Å². The first-order chi connectivity index (χ1) is 8.29. The topological polar surface area (TPSA) is 44.1 Å². The number of nitrogens with zero attached hydrogens (tertiary/aromatic N) is 2. The van der Waals surface area contributed by atoms with Gasteiger partial charge >= 0.3 is 0 Å². The molecule has 0 saturated heterocycles. The number of benzene rings is 1. The minimum atomic E-state index is 0.449. The standard InChI is InChI=1S/C12H11ClN2O2/c13-11-2-3-12(10(8-11)9-16)17-7-6-15-5-1-4-14-15/h1-5,8-9H,6-7H2. The van der Waals surface area contributed by atoms with E-state index in [1.54, 1.807) is 29.1 Å². The summed E-state index contributed by atoms with van der Waals surface area (Å²) in [6.07, 6.45) is 4.29. The van der Waals surface area contributed by atoms with Crippen molar-refractivity contribution in [3.05, 3.63) is 47.2 Å². The lowest BCUT2D eigenvalue weighted by molar-refractivity contribution is 0.111. The van der Waals surface area contributed by atoms with Crippen molar-refractivity contribution < 1.29 is 9.53 Å². The van der Waals surface area contributed by atoms with Crippen molar-refractivity contribution in [2.45, 2.75) is 6.54 Å². The van der Waals surface area contributed by atoms with Gasteiger partial charge in [-0.1, -0.05) is 11.6 Å². The third-order valence-electron chi connectivity index (χ3n) is 2.24. The number of carbonyl (C=O) groups excluding carboxylic acids is 1. The van der Waals surface area contributed by atoms with Crippen LogP contribution in [0.1, 0.15) is 10.4 Å². The second kappa shape index (κ2) is 5.50. The highest BCUT2D eigenvalue weighted by Gasteiger charge is 2.03. The summed E-state index contributed by atoms with van der Waals surface area (Å²) in [5.41, 5.74) is 0.456. The molecule has 0 saturated carbocycles. The summed E-state index contributed by atoms with van der Waals surface area (Å²) in [6, 6.07) is 6.81. The minimum Gasteiger partial charge on any atom is -0.491 e. The highest BCUT2D eigenvalue weighted by molar-refractivity contribution is 6.30. The summed E-state index contributed by atoms with van der Waals surface area (Å²) in [7, 11) is 0. The van der Waals surface area contributed by atoms with Gasteiger partial charge in [-0.25, -0.2) is 0 Å². The first kappa shape index (κ1) is 11.7. The van der Waals surface area contributed by atoms with Crippen molar-refractivity contribution in [2.24, 2.45) is 0 Å². The molecule has 0 radical (unpaired) electrons. The number of hydrogen-bond acceptors (Lipinski definition) is 3. The molecule has 0 aliphatic rings. The van der Waals surface area contributed by atoms with Crippen LogP contribution in [0.2, 0.25) is 5.02 Å². The Balaban J connectivity index is 1.96. The number of hydrogen-bond donors (Lipinski definition) is 0. The Hall–Kier alpha value is -1.81. The molecule has 1 aromatic carbocycles. The van der Waals surface area contributed by atoms with E-state index in [2.05, 4.69) is 5.10 Å². The number of ether oxygens (including phenoxy) is 1. The molecule has 0 spiro atoms. The molecule has 2 aromatic rings. The highest BCUT2D eigenvalue weighted by atomic mass is 35.5. The molecule has 1 aromatic heterocycles. The average Bonchev–Trinajstić information content (AvgIpc) is 2.84. The van der Waals surface area contributed by atoms with Crippen molar-refractivity contribution in [1.29, 1.82) is 0 Å². The lowest BCUT2D eigenvalue weighted by Gasteiger charge is -2.08. The maximum atomic E-state index is 10.8. The molecule has 0 atom stereocenters. The van der Waals surface area contributed by atoms with Crippen LogP contribution < -0.4 is 4.74 Å². The van der Waals surface area contributed by atoms with Crippen LogP contribution in [0.3, 0.4) is 0 Å². The van der Waals surface area contributed by atoms with E-state index in [0.29, 0.717) is 29.5 Å². The third-order valence-corrected chi connectivity index (χ3v) is 2.47. The molecule has 0 unspecified atom stereocenters. The molecular weight excluding hydrogens is 240 g/mol. The maximum Gasteiger partial charge on any atom is 0.153 e. The summed E-state index contributed by atoms with van der Waals surface area (Å²) in [6.45, 7) is 1.08. The Morgan fingerprint density at radius 3 is 3.06 bits per heavy atom. The third kappa shape index (κ3) is 3.07. The number of aromatic nitrogens is 2. The summed E-state index contributed by atoms with van der Waals surface area (Å²) in [5.74, 6) is 0.538. The van der Waals surface area contributed by atoms with Crippen molar-refractivity contribution in [2.75, 3.05) is 6.61 Å². The van der Waals surface area contributed by atoms with Crippen LogP contribution in [0.5, 0.6) is 5.75 Å². The van der Waals surface area contributed by atoms with E-state index in [-0.39, 0.29) is 0 Å². The van der Waals surface area contributed by atoms with E-state index in [0.717, 1.165) is 6.29 Å². The average molecular weight is 251 g/mol. The molecule has 0 N–H and O–H groups in total. The Morgan fingerprint density at radius 1 is 1.47 bits per heavy atom. The van der Waals surface area contributed by atoms with Gasteiger partial charge in [-0.2, -0.15) is 5.10 Å². The molecule has 0 aliphatic heterocycles. The van der Waals surface area contributed by atoms with Gasteiger partial charge in [0, 0.05) is 17.4 Å². The highest BCUT2D eigenvalue weighted by Crippen LogP contribution is 2.21. The molecule has 5 heteroatoms. The van der Waals surface area contributed by atoms with E-state index in [1.807, 2.05) is 12.3 Å². The van der Waals surface area contributed by atoms with Crippen LogP contribution in [0.4, 0.5) is 0 Å². The summed E-state index contributed by atoms with van der Waals surface area (Å²) >= 11 is 5.78. The number of carbonyl (C=O) groups is 1. The lowest BCUT2D eigenvalue weighted by Crippen LogP contribution is -2.09. The monoisotopic (exact) mass is 250 g/mol. The van der Waals surface area contributed by atoms with Crippen LogP contribution in [0, 0.1) is 0 Å². The number of rotatable bonds is 5. The van der Waals surface area contributed by atoms with Gasteiger partial charge < -0.3 is 4.74 Å². The minimum absolute atomic E-state index is 0.449. The van der Waals surface area contributed by atoms with Gasteiger partial charge in [0.15, 0.2) is 6.29 Å². The van der Waals surface area contributed by atoms with Gasteiger partial charge in [-0.05, 0) is 24.3 Å². The van der Waals surface area contributed by atoms with Gasteiger partial charge in [-0.3, -0.25) is 9.48 Å². The fourth-order valence-electron chi connectivity index (χ4n) is 1.42. The fourth-order valence-corrected chi connectivity index (χ4v) is 1.61. The fraction of sp³-hybridized carbons (Fsp3) is 0.167. The van der Waals surface area contributed by atoms with E-state index in [9.17, 15) is 4.79 Å². The zero-order valence-electron chi connectivity index (χ0n) is 9.04. The molecule has 2 rings (SSSR count). The number of aldehydes is 1. The Bertz CT molecular complexity index is 497. The zero-order valence-corrected chi connectivity index (χ0v) is 9.80. The molecule has 17 heavy (non-hydrogen) atoms. The first-order valence-corrected chi connectivity index (χ1v) is 5.52. The largest absolute Gasteiger partial charge is 0.491 e. The van der Waals surface area contributed by atoms with E-state index >= 15 is 0 Å². The van der Waals surface area contributed by atoms with Gasteiger partial charge in [-0.15, -0.1) is 0 Å². The van der Waals surface area contributed by atoms with Gasteiger partial charge in [0.25, 0.3) is 0 Å². The van der Waals surface area contributed by atoms with Gasteiger partial charge in [0.1, 0.15) is 12.4 Å². The molecule has 88 valence electrons. The van der Waals surface area contributed by atoms with Crippen molar-refractivity contribution in [1.82, 2.24) is 9.78 Å². The molecule has 4 nitrogen and oxygen atoms in total. The molecular formula is C12H11ClN2O2. The second-order valence-corrected chi connectivity index (χ2v) is 3.85. The zero-order chi connectivity index (χ0) is 12.1. The molecule has 0 amide bonds. The van der Waals surface area contributed by atoms with E-state index in [1.165, 1.54) is 0 Å². The number of halogens is 1. The summed E-state index contributed by atoms with van der Waals surface area (Å²) in [5, 5.41) is 4.57. The molecule has 0 fully saturated rings. The Morgan fingerprint density at radius 2 is 2.35 bits per heavy atom. The van der Waals surface area contributed by atoms with Crippen LogP contribution in [-0.2, 0) is 6.54 Å².